The van der Waals surface area contributed by atoms with E-state index >= 15 is 0 Å². The van der Waals surface area contributed by atoms with Gasteiger partial charge in [0.2, 0.25) is 0 Å². The lowest BCUT2D eigenvalue weighted by Gasteiger charge is -2.32. The molecule has 102 valence electrons. The maximum atomic E-state index is 9.29. The van der Waals surface area contributed by atoms with Gasteiger partial charge in [-0.2, -0.15) is 0 Å². The van der Waals surface area contributed by atoms with E-state index in [2.05, 4.69) is 4.98 Å². The third-order valence-corrected chi connectivity index (χ3v) is 3.85. The first-order valence-electron chi connectivity index (χ1n) is 6.10. The molecule has 1 aliphatic heterocycles. The Hall–Kier alpha value is -1.04. The molecule has 1 aromatic rings. The Morgan fingerprint density at radius 1 is 1.26 bits per heavy atom. The minimum atomic E-state index is -0.417. The lowest BCUT2D eigenvalue weighted by molar-refractivity contribution is 0.00578. The molecular weight excluding hydrogens is 264 g/mol. The number of pyridine rings is 1. The number of halogens is 1. The molecule has 1 aromatic heterocycles. The van der Waals surface area contributed by atoms with Crippen molar-refractivity contribution in [3.63, 3.8) is 0 Å². The minimum Gasteiger partial charge on any atom is -0.505 e. The van der Waals surface area contributed by atoms with E-state index in [4.69, 9.17) is 20.9 Å². The van der Waals surface area contributed by atoms with E-state index in [0.717, 1.165) is 0 Å². The molecule has 6 heteroatoms. The first-order valence-corrected chi connectivity index (χ1v) is 6.47. The molecule has 0 amide bonds. The van der Waals surface area contributed by atoms with Gasteiger partial charge in [-0.3, -0.25) is 4.98 Å². The molecule has 2 heterocycles. The Morgan fingerprint density at radius 3 is 2.37 bits per heavy atom. The van der Waals surface area contributed by atoms with Crippen molar-refractivity contribution in [1.29, 1.82) is 0 Å². The molecule has 0 aromatic carbocycles. The van der Waals surface area contributed by atoms with Crippen molar-refractivity contribution in [3.05, 3.63) is 29.0 Å². The van der Waals surface area contributed by atoms with Crippen LogP contribution in [0.4, 0.5) is 0 Å². The van der Waals surface area contributed by atoms with Crippen LogP contribution in [0.1, 0.15) is 33.4 Å². The molecule has 0 saturated carbocycles. The first-order chi connectivity index (χ1) is 8.71. The van der Waals surface area contributed by atoms with Gasteiger partial charge in [0.25, 0.3) is 0 Å². The summed E-state index contributed by atoms with van der Waals surface area (Å²) >= 11 is 5.81. The molecule has 4 nitrogen and oxygen atoms in total. The van der Waals surface area contributed by atoms with E-state index in [-0.39, 0.29) is 22.0 Å². The molecule has 0 spiro atoms. The summed E-state index contributed by atoms with van der Waals surface area (Å²) < 4.78 is 11.6. The van der Waals surface area contributed by atoms with Crippen LogP contribution in [-0.2, 0) is 9.31 Å². The molecule has 0 atom stereocenters. The van der Waals surface area contributed by atoms with Gasteiger partial charge < -0.3 is 14.4 Å². The molecule has 0 aliphatic carbocycles. The van der Waals surface area contributed by atoms with Crippen LogP contribution in [0, 0.1) is 0 Å². The van der Waals surface area contributed by atoms with Crippen molar-refractivity contribution in [3.8, 4) is 5.75 Å². The third kappa shape index (κ3) is 2.94. The molecule has 1 aliphatic rings. The van der Waals surface area contributed by atoms with E-state index in [9.17, 15) is 5.11 Å². The van der Waals surface area contributed by atoms with Crippen LogP contribution in [0.2, 0.25) is 5.02 Å². The van der Waals surface area contributed by atoms with Crippen LogP contribution in [0.5, 0.6) is 5.75 Å². The highest BCUT2D eigenvalue weighted by molar-refractivity contribution is 6.52. The molecule has 2 rings (SSSR count). The Labute approximate surface area is 118 Å². The van der Waals surface area contributed by atoms with Gasteiger partial charge >= 0.3 is 7.12 Å². The van der Waals surface area contributed by atoms with E-state index in [1.54, 1.807) is 18.1 Å². The largest absolute Gasteiger partial charge is 0.505 e. The van der Waals surface area contributed by atoms with Crippen LogP contribution in [0.15, 0.2) is 18.2 Å². The Bertz CT molecular complexity index is 501. The second kappa shape index (κ2) is 4.82. The van der Waals surface area contributed by atoms with E-state index < -0.39 is 7.12 Å². The number of rotatable bonds is 2. The molecular formula is C13H17BClNO3. The molecule has 0 radical (unpaired) electrons. The van der Waals surface area contributed by atoms with Crippen LogP contribution >= 0.6 is 11.6 Å². The third-order valence-electron chi connectivity index (χ3n) is 3.55. The van der Waals surface area contributed by atoms with Crippen molar-refractivity contribution >= 4 is 24.8 Å². The smallest absolute Gasteiger partial charge is 0.487 e. The van der Waals surface area contributed by atoms with Crippen molar-refractivity contribution < 1.29 is 14.4 Å². The molecule has 1 saturated heterocycles. The van der Waals surface area contributed by atoms with Crippen molar-refractivity contribution in [2.75, 3.05) is 0 Å². The minimum absolute atomic E-state index is 0.0329. The standard InChI is InChI=1S/C13H17BClNO3/c1-12(2)13(3,4)19-14(18-12)6-5-9-7-10(15)11(17)8-16-9/h5-8,17H,1-4H3/b6-5+. The summed E-state index contributed by atoms with van der Waals surface area (Å²) in [4.78, 5) is 4.04. The number of aromatic nitrogens is 1. The maximum Gasteiger partial charge on any atom is 0.487 e. The molecule has 1 fully saturated rings. The molecule has 19 heavy (non-hydrogen) atoms. The van der Waals surface area contributed by atoms with Gasteiger partial charge in [0.1, 0.15) is 0 Å². The number of aromatic hydroxyl groups is 1. The SMILES string of the molecule is CC1(C)OB(/C=C/c2cc(Cl)c(O)cn2)OC1(C)C. The normalized spacial score (nSPS) is 21.2. The van der Waals surface area contributed by atoms with E-state index in [0.29, 0.717) is 5.69 Å². The van der Waals surface area contributed by atoms with E-state index in [1.165, 1.54) is 6.20 Å². The van der Waals surface area contributed by atoms with Gasteiger partial charge in [0.05, 0.1) is 28.1 Å². The van der Waals surface area contributed by atoms with Gasteiger partial charge in [-0.1, -0.05) is 17.6 Å². The Morgan fingerprint density at radius 2 is 1.84 bits per heavy atom. The summed E-state index contributed by atoms with van der Waals surface area (Å²) in [5, 5.41) is 9.56. The summed E-state index contributed by atoms with van der Waals surface area (Å²) in [7, 11) is -0.417. The van der Waals surface area contributed by atoms with Gasteiger partial charge in [0, 0.05) is 0 Å². The van der Waals surface area contributed by atoms with Crippen LogP contribution < -0.4 is 0 Å². The van der Waals surface area contributed by atoms with E-state index in [1.807, 2.05) is 27.7 Å². The van der Waals surface area contributed by atoms with Gasteiger partial charge in [-0.05, 0) is 39.8 Å². The Kier molecular flexibility index (Phi) is 3.64. The summed E-state index contributed by atoms with van der Waals surface area (Å²) in [6.45, 7) is 7.99. The fourth-order valence-corrected chi connectivity index (χ4v) is 1.83. The zero-order chi connectivity index (χ0) is 14.3. The average Bonchev–Trinajstić information content (AvgIpc) is 2.49. The summed E-state index contributed by atoms with van der Waals surface area (Å²) in [6, 6.07) is 1.58. The maximum absolute atomic E-state index is 9.29. The molecule has 0 unspecified atom stereocenters. The summed E-state index contributed by atoms with van der Waals surface area (Å²) in [5.41, 5.74) is -0.0816. The van der Waals surface area contributed by atoms with Crippen LogP contribution in [0.25, 0.3) is 6.08 Å². The van der Waals surface area contributed by atoms with Gasteiger partial charge in [-0.25, -0.2) is 0 Å². The Balaban J connectivity index is 2.10. The fraction of sp³-hybridized carbons (Fsp3) is 0.462. The van der Waals surface area contributed by atoms with Crippen molar-refractivity contribution in [2.45, 2.75) is 38.9 Å². The van der Waals surface area contributed by atoms with Gasteiger partial charge in [-0.15, -0.1) is 0 Å². The summed E-state index contributed by atoms with van der Waals surface area (Å²) in [5.74, 6) is 1.75. The lowest BCUT2D eigenvalue weighted by atomic mass is 9.89. The predicted molar refractivity (Wildman–Crippen MR) is 76.0 cm³/mol. The average molecular weight is 282 g/mol. The van der Waals surface area contributed by atoms with Crippen LogP contribution in [-0.4, -0.2) is 28.4 Å². The van der Waals surface area contributed by atoms with Gasteiger partial charge in [0.15, 0.2) is 5.75 Å². The number of hydrogen-bond acceptors (Lipinski definition) is 4. The van der Waals surface area contributed by atoms with Crippen molar-refractivity contribution in [1.82, 2.24) is 4.98 Å². The zero-order valence-corrected chi connectivity index (χ0v) is 12.2. The lowest BCUT2D eigenvalue weighted by Crippen LogP contribution is -2.41. The van der Waals surface area contributed by atoms with Crippen LogP contribution in [0.3, 0.4) is 0 Å². The highest BCUT2D eigenvalue weighted by atomic mass is 35.5. The molecule has 0 bridgehead atoms. The highest BCUT2D eigenvalue weighted by Gasteiger charge is 2.49. The van der Waals surface area contributed by atoms with Crippen molar-refractivity contribution in [2.24, 2.45) is 0 Å². The second-order valence-electron chi connectivity index (χ2n) is 5.54. The molecule has 1 N–H and O–H groups in total. The zero-order valence-electron chi connectivity index (χ0n) is 11.5. The fourth-order valence-electron chi connectivity index (χ4n) is 1.67. The number of hydrogen-bond donors (Lipinski definition) is 1. The monoisotopic (exact) mass is 281 g/mol. The quantitative estimate of drug-likeness (QED) is 0.846. The number of nitrogens with zero attached hydrogens (tertiary/aromatic N) is 1. The second-order valence-corrected chi connectivity index (χ2v) is 5.95. The summed E-state index contributed by atoms with van der Waals surface area (Å²) in [6.07, 6.45) is 3.07. The highest BCUT2D eigenvalue weighted by Crippen LogP contribution is 2.37. The topological polar surface area (TPSA) is 51.6 Å². The first kappa shape index (κ1) is 14.4. The predicted octanol–water partition coefficient (Wildman–Crippen LogP) is 3.09.